The van der Waals surface area contributed by atoms with E-state index in [1.165, 1.54) is 16.9 Å². The molecule has 1 atom stereocenters. The van der Waals surface area contributed by atoms with Gasteiger partial charge in [0.05, 0.1) is 10.4 Å². The molecule has 1 aromatic heterocycles. The maximum Gasteiger partial charge on any atom is 0.115 e. The second-order valence-corrected chi connectivity index (χ2v) is 5.05. The molecule has 0 fully saturated rings. The van der Waals surface area contributed by atoms with E-state index in [-0.39, 0.29) is 0 Å². The van der Waals surface area contributed by atoms with Gasteiger partial charge in [-0.15, -0.1) is 11.3 Å². The smallest absolute Gasteiger partial charge is 0.115 e. The van der Waals surface area contributed by atoms with Crippen LogP contribution in [0, 0.1) is 0 Å². The number of aliphatic hydroxyl groups excluding tert-OH is 1. The number of hydrogen-bond acceptors (Lipinski definition) is 3. The van der Waals surface area contributed by atoms with Crippen molar-refractivity contribution in [2.24, 2.45) is 0 Å². The third-order valence-corrected chi connectivity index (χ3v) is 3.47. The molecule has 0 aliphatic heterocycles. The van der Waals surface area contributed by atoms with Crippen LogP contribution in [-0.2, 0) is 0 Å². The number of rotatable bonds is 3. The van der Waals surface area contributed by atoms with Crippen molar-refractivity contribution in [2.45, 2.75) is 25.9 Å². The van der Waals surface area contributed by atoms with Gasteiger partial charge in [0.15, 0.2) is 0 Å². The van der Waals surface area contributed by atoms with E-state index in [1.54, 1.807) is 11.7 Å². The van der Waals surface area contributed by atoms with Gasteiger partial charge in [-0.3, -0.25) is 4.98 Å². The summed E-state index contributed by atoms with van der Waals surface area (Å²) in [5.74, 6) is 0.523. The highest BCUT2D eigenvalue weighted by Gasteiger charge is 2.11. The molecule has 1 unspecified atom stereocenters. The number of aliphatic hydroxyl groups is 1. The maximum absolute atomic E-state index is 10.1. The Morgan fingerprint density at radius 2 is 1.75 bits per heavy atom. The molecule has 0 radical (unpaired) electrons. The predicted octanol–water partition coefficient (Wildman–Crippen LogP) is 3.35. The lowest BCUT2D eigenvalue weighted by Crippen LogP contribution is -1.97. The number of aromatic nitrogens is 1. The van der Waals surface area contributed by atoms with Gasteiger partial charge in [-0.05, 0) is 17.0 Å². The van der Waals surface area contributed by atoms with Crippen LogP contribution in [0.1, 0.15) is 41.9 Å². The van der Waals surface area contributed by atoms with Crippen LogP contribution in [0.3, 0.4) is 0 Å². The van der Waals surface area contributed by atoms with Crippen molar-refractivity contribution in [3.8, 4) is 0 Å². The van der Waals surface area contributed by atoms with Gasteiger partial charge >= 0.3 is 0 Å². The Labute approximate surface area is 99.6 Å². The topological polar surface area (TPSA) is 33.1 Å². The lowest BCUT2D eigenvalue weighted by atomic mass is 10.00. The summed E-state index contributed by atoms with van der Waals surface area (Å²) in [6.45, 7) is 4.32. The molecule has 0 aliphatic carbocycles. The number of benzene rings is 1. The normalized spacial score (nSPS) is 13.0. The number of thiazole rings is 1. The fourth-order valence-corrected chi connectivity index (χ4v) is 2.22. The zero-order chi connectivity index (χ0) is 11.5. The molecule has 0 bridgehead atoms. The van der Waals surface area contributed by atoms with Crippen molar-refractivity contribution in [3.63, 3.8) is 0 Å². The Morgan fingerprint density at radius 1 is 1.12 bits per heavy atom. The molecular weight excluding hydrogens is 218 g/mol. The molecule has 0 aliphatic rings. The Kier molecular flexibility index (Phi) is 3.36. The predicted molar refractivity (Wildman–Crippen MR) is 66.7 cm³/mol. The van der Waals surface area contributed by atoms with E-state index >= 15 is 0 Å². The summed E-state index contributed by atoms with van der Waals surface area (Å²) in [5, 5.41) is 10.1. The Balaban J connectivity index is 2.22. The van der Waals surface area contributed by atoms with Crippen molar-refractivity contribution in [1.82, 2.24) is 4.98 Å². The minimum atomic E-state index is -0.547. The van der Waals surface area contributed by atoms with Crippen LogP contribution in [0.15, 0.2) is 36.0 Å². The highest BCUT2D eigenvalue weighted by Crippen LogP contribution is 2.25. The first-order valence-electron chi connectivity index (χ1n) is 5.35. The first-order valence-corrected chi connectivity index (χ1v) is 6.22. The summed E-state index contributed by atoms with van der Waals surface area (Å²) >= 11 is 1.48. The molecule has 0 spiro atoms. The highest BCUT2D eigenvalue weighted by molar-refractivity contribution is 7.09. The van der Waals surface area contributed by atoms with Crippen LogP contribution in [-0.4, -0.2) is 10.1 Å². The van der Waals surface area contributed by atoms with Crippen LogP contribution in [0.25, 0.3) is 0 Å². The first kappa shape index (κ1) is 11.3. The Hall–Kier alpha value is -1.19. The Bertz CT molecular complexity index is 433. The largest absolute Gasteiger partial charge is 0.383 e. The lowest BCUT2D eigenvalue weighted by Gasteiger charge is -2.10. The zero-order valence-corrected chi connectivity index (χ0v) is 10.2. The summed E-state index contributed by atoms with van der Waals surface area (Å²) in [6.07, 6.45) is 1.17. The van der Waals surface area contributed by atoms with Gasteiger partial charge in [0.1, 0.15) is 6.10 Å². The molecule has 1 heterocycles. The quantitative estimate of drug-likeness (QED) is 0.882. The third kappa shape index (κ3) is 2.31. The van der Waals surface area contributed by atoms with Crippen LogP contribution >= 0.6 is 11.3 Å². The fourth-order valence-electron chi connectivity index (χ4n) is 1.59. The number of nitrogens with zero attached hydrogens (tertiary/aromatic N) is 1. The Morgan fingerprint density at radius 3 is 2.25 bits per heavy atom. The molecular formula is C13H15NOS. The molecule has 0 saturated heterocycles. The van der Waals surface area contributed by atoms with Crippen molar-refractivity contribution in [1.29, 1.82) is 0 Å². The van der Waals surface area contributed by atoms with Crippen molar-refractivity contribution in [3.05, 3.63) is 52.0 Å². The summed E-state index contributed by atoms with van der Waals surface area (Å²) < 4.78 is 0. The van der Waals surface area contributed by atoms with E-state index in [9.17, 15) is 5.11 Å². The molecule has 2 aromatic rings. The van der Waals surface area contributed by atoms with Gasteiger partial charge in [0.2, 0.25) is 0 Å². The fraction of sp³-hybridized carbons (Fsp3) is 0.308. The molecule has 3 heteroatoms. The van der Waals surface area contributed by atoms with E-state index in [0.717, 1.165) is 10.4 Å². The average molecular weight is 233 g/mol. The highest BCUT2D eigenvalue weighted by atomic mass is 32.1. The molecule has 1 N–H and O–H groups in total. The second-order valence-electron chi connectivity index (χ2n) is 4.13. The summed E-state index contributed by atoms with van der Waals surface area (Å²) in [7, 11) is 0. The second kappa shape index (κ2) is 4.76. The van der Waals surface area contributed by atoms with Crippen LogP contribution in [0.5, 0.6) is 0 Å². The van der Waals surface area contributed by atoms with Gasteiger partial charge in [-0.2, -0.15) is 0 Å². The molecule has 2 rings (SSSR count). The standard InChI is InChI=1S/C13H15NOS/c1-9(2)10-3-5-11(6-4-10)13(15)12-7-14-8-16-12/h3-9,13,15H,1-2H3. The van der Waals surface area contributed by atoms with E-state index in [2.05, 4.69) is 31.0 Å². The maximum atomic E-state index is 10.1. The van der Waals surface area contributed by atoms with E-state index in [1.807, 2.05) is 12.1 Å². The third-order valence-electron chi connectivity index (χ3n) is 2.64. The molecule has 2 nitrogen and oxygen atoms in total. The SMILES string of the molecule is CC(C)c1ccc(C(O)c2cncs2)cc1. The first-order chi connectivity index (χ1) is 7.68. The molecule has 0 amide bonds. The van der Waals surface area contributed by atoms with E-state index in [0.29, 0.717) is 5.92 Å². The summed E-state index contributed by atoms with van der Waals surface area (Å²) in [4.78, 5) is 4.86. The van der Waals surface area contributed by atoms with Crippen LogP contribution < -0.4 is 0 Å². The zero-order valence-electron chi connectivity index (χ0n) is 9.42. The molecule has 84 valence electrons. The van der Waals surface area contributed by atoms with Crippen LogP contribution in [0.4, 0.5) is 0 Å². The van der Waals surface area contributed by atoms with E-state index in [4.69, 9.17) is 0 Å². The molecule has 0 saturated carbocycles. The average Bonchev–Trinajstić information content (AvgIpc) is 2.81. The van der Waals surface area contributed by atoms with Crippen molar-refractivity contribution < 1.29 is 5.11 Å². The summed E-state index contributed by atoms with van der Waals surface area (Å²) in [5.41, 5.74) is 3.95. The van der Waals surface area contributed by atoms with E-state index < -0.39 is 6.10 Å². The van der Waals surface area contributed by atoms with Crippen LogP contribution in [0.2, 0.25) is 0 Å². The van der Waals surface area contributed by atoms with Gasteiger partial charge in [-0.1, -0.05) is 38.1 Å². The molecule has 1 aromatic carbocycles. The minimum Gasteiger partial charge on any atom is -0.383 e. The van der Waals surface area contributed by atoms with Gasteiger partial charge in [0.25, 0.3) is 0 Å². The number of hydrogen-bond donors (Lipinski definition) is 1. The minimum absolute atomic E-state index is 0.523. The monoisotopic (exact) mass is 233 g/mol. The van der Waals surface area contributed by atoms with Crippen molar-refractivity contribution in [2.75, 3.05) is 0 Å². The lowest BCUT2D eigenvalue weighted by molar-refractivity contribution is 0.224. The summed E-state index contributed by atoms with van der Waals surface area (Å²) in [6, 6.07) is 8.12. The van der Waals surface area contributed by atoms with Gasteiger partial charge in [0, 0.05) is 6.20 Å². The van der Waals surface area contributed by atoms with Crippen molar-refractivity contribution >= 4 is 11.3 Å². The van der Waals surface area contributed by atoms with Gasteiger partial charge in [-0.25, -0.2) is 0 Å². The van der Waals surface area contributed by atoms with Gasteiger partial charge < -0.3 is 5.11 Å². The molecule has 16 heavy (non-hydrogen) atoms.